The summed E-state index contributed by atoms with van der Waals surface area (Å²) in [6.07, 6.45) is 2.76. The number of hydrogen-bond acceptors (Lipinski definition) is 4. The van der Waals surface area contributed by atoms with E-state index in [0.717, 1.165) is 30.5 Å². The first-order valence-electron chi connectivity index (χ1n) is 7.54. The predicted octanol–water partition coefficient (Wildman–Crippen LogP) is 1.32. The number of thiazole rings is 1. The van der Waals surface area contributed by atoms with Crippen molar-refractivity contribution in [2.75, 3.05) is 26.7 Å². The molecule has 3 N–H and O–H groups in total. The molecule has 0 saturated heterocycles. The van der Waals surface area contributed by atoms with Gasteiger partial charge in [0, 0.05) is 37.6 Å². The molecule has 0 aliphatic heterocycles. The number of nitrogens with zero attached hydrogens (tertiary/aromatic N) is 2. The van der Waals surface area contributed by atoms with Gasteiger partial charge in [0.2, 0.25) is 5.91 Å². The summed E-state index contributed by atoms with van der Waals surface area (Å²) in [7, 11) is 1.65. The Labute approximate surface area is 136 Å². The lowest BCUT2D eigenvalue weighted by Crippen LogP contribution is -2.41. The van der Waals surface area contributed by atoms with Crippen LogP contribution in [-0.2, 0) is 11.2 Å². The van der Waals surface area contributed by atoms with Crippen LogP contribution in [0, 0.1) is 12.3 Å². The van der Waals surface area contributed by atoms with Gasteiger partial charge < -0.3 is 16.0 Å². The van der Waals surface area contributed by atoms with E-state index in [0.29, 0.717) is 6.54 Å². The monoisotopic (exact) mass is 325 g/mol. The standard InChI is InChI=1S/C15H27N5OS/c1-6-17-14(20-10-15(3,4)13(21)16-5)18-8-7-12-19-9-11(2)22-12/h9H,6-8,10H2,1-5H3,(H,16,21)(H2,17,18,20). The number of amides is 1. The van der Waals surface area contributed by atoms with Gasteiger partial charge in [-0.3, -0.25) is 9.79 Å². The van der Waals surface area contributed by atoms with Gasteiger partial charge in [0.05, 0.1) is 17.0 Å². The van der Waals surface area contributed by atoms with E-state index in [-0.39, 0.29) is 5.91 Å². The molecule has 6 nitrogen and oxygen atoms in total. The number of nitrogens with one attached hydrogen (secondary N) is 3. The predicted molar refractivity (Wildman–Crippen MR) is 92.4 cm³/mol. The molecule has 0 aliphatic rings. The summed E-state index contributed by atoms with van der Waals surface area (Å²) >= 11 is 1.71. The van der Waals surface area contributed by atoms with Gasteiger partial charge >= 0.3 is 0 Å². The fraction of sp³-hybridized carbons (Fsp3) is 0.667. The third-order valence-corrected chi connectivity index (χ3v) is 4.09. The lowest BCUT2D eigenvalue weighted by Gasteiger charge is -2.21. The SMILES string of the molecule is CCNC(=NCC(C)(C)C(=O)NC)NCCc1ncc(C)s1. The topological polar surface area (TPSA) is 78.4 Å². The Bertz CT molecular complexity index is 510. The second-order valence-corrected chi connectivity index (χ2v) is 7.02. The highest BCUT2D eigenvalue weighted by atomic mass is 32.1. The van der Waals surface area contributed by atoms with Gasteiger partial charge in [-0.1, -0.05) is 0 Å². The number of aliphatic imine (C=N–C) groups is 1. The van der Waals surface area contributed by atoms with Crippen LogP contribution in [-0.4, -0.2) is 43.5 Å². The lowest BCUT2D eigenvalue weighted by atomic mass is 9.93. The maximum atomic E-state index is 11.8. The Morgan fingerprint density at radius 1 is 1.41 bits per heavy atom. The summed E-state index contributed by atoms with van der Waals surface area (Å²) in [5, 5.41) is 10.3. The molecule has 1 amide bonds. The van der Waals surface area contributed by atoms with Gasteiger partial charge in [-0.15, -0.1) is 11.3 Å². The van der Waals surface area contributed by atoms with Crippen LogP contribution in [0.2, 0.25) is 0 Å². The molecule has 124 valence electrons. The molecule has 0 unspecified atom stereocenters. The van der Waals surface area contributed by atoms with Crippen molar-refractivity contribution < 1.29 is 4.79 Å². The molecule has 1 heterocycles. The van der Waals surface area contributed by atoms with Crippen molar-refractivity contribution in [1.82, 2.24) is 20.9 Å². The molecule has 0 radical (unpaired) electrons. The summed E-state index contributed by atoms with van der Waals surface area (Å²) < 4.78 is 0. The molecular formula is C15H27N5OS. The fourth-order valence-corrected chi connectivity index (χ4v) is 2.62. The molecule has 0 atom stereocenters. The van der Waals surface area contributed by atoms with Crippen LogP contribution in [0.4, 0.5) is 0 Å². The first-order chi connectivity index (χ1) is 10.4. The van der Waals surface area contributed by atoms with Crippen molar-refractivity contribution in [3.05, 3.63) is 16.1 Å². The molecule has 0 saturated carbocycles. The van der Waals surface area contributed by atoms with Crippen molar-refractivity contribution >= 4 is 23.2 Å². The molecule has 0 bridgehead atoms. The highest BCUT2D eigenvalue weighted by Crippen LogP contribution is 2.15. The van der Waals surface area contributed by atoms with Crippen LogP contribution in [0.3, 0.4) is 0 Å². The molecule has 22 heavy (non-hydrogen) atoms. The number of aryl methyl sites for hydroxylation is 1. The van der Waals surface area contributed by atoms with Crippen molar-refractivity contribution in [2.45, 2.75) is 34.1 Å². The molecule has 0 aliphatic carbocycles. The summed E-state index contributed by atoms with van der Waals surface area (Å²) in [5.74, 6) is 0.720. The third-order valence-electron chi connectivity index (χ3n) is 3.12. The molecule has 1 aromatic rings. The van der Waals surface area contributed by atoms with Crippen LogP contribution in [0.15, 0.2) is 11.2 Å². The second kappa shape index (κ2) is 8.73. The zero-order chi connectivity index (χ0) is 16.6. The van der Waals surface area contributed by atoms with Crippen LogP contribution >= 0.6 is 11.3 Å². The van der Waals surface area contributed by atoms with E-state index in [1.54, 1.807) is 18.4 Å². The first-order valence-corrected chi connectivity index (χ1v) is 8.36. The lowest BCUT2D eigenvalue weighted by molar-refractivity contribution is -0.128. The number of rotatable bonds is 7. The molecule has 1 rings (SSSR count). The van der Waals surface area contributed by atoms with E-state index < -0.39 is 5.41 Å². The van der Waals surface area contributed by atoms with Gasteiger partial charge in [0.25, 0.3) is 0 Å². The Morgan fingerprint density at radius 3 is 2.68 bits per heavy atom. The average molecular weight is 325 g/mol. The summed E-state index contributed by atoms with van der Waals surface area (Å²) in [6, 6.07) is 0. The van der Waals surface area contributed by atoms with Crippen molar-refractivity contribution in [2.24, 2.45) is 10.4 Å². The normalized spacial score (nSPS) is 12.1. The number of hydrogen-bond donors (Lipinski definition) is 3. The second-order valence-electron chi connectivity index (χ2n) is 5.70. The minimum atomic E-state index is -0.524. The van der Waals surface area contributed by atoms with Crippen molar-refractivity contribution in [3.63, 3.8) is 0 Å². The maximum Gasteiger partial charge on any atom is 0.227 e. The third kappa shape index (κ3) is 6.01. The highest BCUT2D eigenvalue weighted by Gasteiger charge is 2.26. The van der Waals surface area contributed by atoms with Gasteiger partial charge in [0.1, 0.15) is 0 Å². The van der Waals surface area contributed by atoms with Crippen LogP contribution in [0.5, 0.6) is 0 Å². The fourth-order valence-electron chi connectivity index (χ4n) is 1.83. The van der Waals surface area contributed by atoms with Crippen molar-refractivity contribution in [1.29, 1.82) is 0 Å². The highest BCUT2D eigenvalue weighted by molar-refractivity contribution is 7.11. The number of guanidine groups is 1. The maximum absolute atomic E-state index is 11.8. The zero-order valence-corrected chi connectivity index (χ0v) is 14.9. The molecule has 0 aromatic carbocycles. The van der Waals surface area contributed by atoms with Crippen LogP contribution in [0.1, 0.15) is 30.7 Å². The first kappa shape index (κ1) is 18.4. The number of carbonyl (C=O) groups is 1. The molecular weight excluding hydrogens is 298 g/mol. The molecule has 0 spiro atoms. The summed E-state index contributed by atoms with van der Waals surface area (Å²) in [5.41, 5.74) is -0.524. The van der Waals surface area contributed by atoms with Crippen molar-refractivity contribution in [3.8, 4) is 0 Å². The van der Waals surface area contributed by atoms with Crippen LogP contribution < -0.4 is 16.0 Å². The quantitative estimate of drug-likeness (QED) is 0.522. The van der Waals surface area contributed by atoms with E-state index in [9.17, 15) is 4.79 Å². The van der Waals surface area contributed by atoms with E-state index in [1.807, 2.05) is 27.0 Å². The largest absolute Gasteiger partial charge is 0.359 e. The smallest absolute Gasteiger partial charge is 0.227 e. The van der Waals surface area contributed by atoms with Gasteiger partial charge in [0.15, 0.2) is 5.96 Å². The average Bonchev–Trinajstić information content (AvgIpc) is 2.89. The Kier molecular flexibility index (Phi) is 7.31. The Hall–Kier alpha value is -1.63. The van der Waals surface area contributed by atoms with E-state index in [4.69, 9.17) is 0 Å². The zero-order valence-electron chi connectivity index (χ0n) is 14.1. The van der Waals surface area contributed by atoms with Gasteiger partial charge in [-0.25, -0.2) is 4.98 Å². The minimum Gasteiger partial charge on any atom is -0.359 e. The Morgan fingerprint density at radius 2 is 2.14 bits per heavy atom. The van der Waals surface area contributed by atoms with E-state index >= 15 is 0 Å². The number of carbonyl (C=O) groups excluding carboxylic acids is 1. The van der Waals surface area contributed by atoms with Gasteiger partial charge in [-0.05, 0) is 27.7 Å². The van der Waals surface area contributed by atoms with E-state index in [1.165, 1.54) is 4.88 Å². The summed E-state index contributed by atoms with van der Waals surface area (Å²) in [6.45, 7) is 9.82. The molecule has 1 aromatic heterocycles. The Balaban J connectivity index is 2.53. The molecule has 0 fully saturated rings. The number of aromatic nitrogens is 1. The van der Waals surface area contributed by atoms with Crippen LogP contribution in [0.25, 0.3) is 0 Å². The molecule has 7 heteroatoms. The van der Waals surface area contributed by atoms with Gasteiger partial charge in [-0.2, -0.15) is 0 Å². The van der Waals surface area contributed by atoms with E-state index in [2.05, 4.69) is 32.9 Å². The minimum absolute atomic E-state index is 0.00893. The summed E-state index contributed by atoms with van der Waals surface area (Å²) in [4.78, 5) is 21.9.